The number of hydrogen-bond acceptors (Lipinski definition) is 5. The molecule has 1 saturated heterocycles. The van der Waals surface area contributed by atoms with E-state index in [0.717, 1.165) is 30.4 Å². The number of H-pyrrole nitrogens is 1. The molecule has 1 aliphatic rings. The van der Waals surface area contributed by atoms with Gasteiger partial charge in [-0.25, -0.2) is 17.9 Å². The number of nitrogens with zero attached hydrogens (tertiary/aromatic N) is 3. The summed E-state index contributed by atoms with van der Waals surface area (Å²) in [6, 6.07) is 6.60. The summed E-state index contributed by atoms with van der Waals surface area (Å²) < 4.78 is 27.6. The van der Waals surface area contributed by atoms with Crippen molar-refractivity contribution in [2.24, 2.45) is 5.92 Å². The Morgan fingerprint density at radius 3 is 2.64 bits per heavy atom. The van der Waals surface area contributed by atoms with E-state index < -0.39 is 10.0 Å². The van der Waals surface area contributed by atoms with Crippen LogP contribution in [0.3, 0.4) is 0 Å². The van der Waals surface area contributed by atoms with Gasteiger partial charge in [0.15, 0.2) is 5.65 Å². The quantitative estimate of drug-likeness (QED) is 0.607. The van der Waals surface area contributed by atoms with Crippen LogP contribution in [0.25, 0.3) is 5.65 Å². The highest BCUT2D eigenvalue weighted by Gasteiger charge is 2.36. The highest BCUT2D eigenvalue weighted by atomic mass is 32.2. The van der Waals surface area contributed by atoms with Crippen LogP contribution in [0.5, 0.6) is 0 Å². The Balaban J connectivity index is 1.80. The first-order valence-electron chi connectivity index (χ1n) is 10.9. The number of aryl methyl sites for hydroxylation is 2. The molecule has 0 bridgehead atoms. The zero-order valence-corrected chi connectivity index (χ0v) is 20.3. The zero-order chi connectivity index (χ0) is 24.1. The van der Waals surface area contributed by atoms with Gasteiger partial charge in [-0.15, -0.1) is 0 Å². The summed E-state index contributed by atoms with van der Waals surface area (Å²) in [6.45, 7) is 8.00. The molecule has 2 aromatic heterocycles. The average Bonchev–Trinajstić information content (AvgIpc) is 3.15. The van der Waals surface area contributed by atoms with Gasteiger partial charge in [0.05, 0.1) is 29.2 Å². The third-order valence-corrected chi connectivity index (χ3v) is 6.91. The number of benzene rings is 1. The van der Waals surface area contributed by atoms with Crippen LogP contribution >= 0.6 is 0 Å². The number of rotatable bonds is 4. The number of fused-ring (bicyclic) bond motifs is 1. The van der Waals surface area contributed by atoms with Crippen LogP contribution in [0, 0.1) is 26.7 Å². The van der Waals surface area contributed by atoms with Gasteiger partial charge >= 0.3 is 0 Å². The molecule has 2 atom stereocenters. The largest absolute Gasteiger partial charge is 0.330 e. The van der Waals surface area contributed by atoms with E-state index in [2.05, 4.69) is 21.7 Å². The summed E-state index contributed by atoms with van der Waals surface area (Å²) in [5.74, 6) is -0.127. The van der Waals surface area contributed by atoms with Crippen LogP contribution in [0.15, 0.2) is 29.1 Å². The monoisotopic (exact) mass is 471 g/mol. The number of carbonyl (C=O) groups excluding carboxylic acids is 1. The number of sulfonamides is 1. The number of carbonyl (C=O) groups is 1. The van der Waals surface area contributed by atoms with Gasteiger partial charge in [0, 0.05) is 23.9 Å². The topological polar surface area (TPSA) is 117 Å². The molecule has 3 heterocycles. The third-order valence-electron chi connectivity index (χ3n) is 6.32. The Hall–Kier alpha value is -3.14. The highest BCUT2D eigenvalue weighted by Crippen LogP contribution is 2.37. The van der Waals surface area contributed by atoms with Gasteiger partial charge in [-0.3, -0.25) is 19.4 Å². The number of nitrogens with one attached hydrogen (secondary N) is 2. The molecule has 10 heteroatoms. The predicted octanol–water partition coefficient (Wildman–Crippen LogP) is 2.93. The first kappa shape index (κ1) is 23.0. The second-order valence-electron chi connectivity index (χ2n) is 9.02. The molecule has 0 aliphatic carbocycles. The maximum Gasteiger partial charge on any atom is 0.275 e. The fourth-order valence-electron chi connectivity index (χ4n) is 4.56. The van der Waals surface area contributed by atoms with Crippen molar-refractivity contribution in [2.45, 2.75) is 46.6 Å². The molecule has 0 radical (unpaired) electrons. The molecule has 1 amide bonds. The molecular formula is C23H29N5O4S. The number of likely N-dealkylation sites (tertiary alicyclic amines) is 1. The van der Waals surface area contributed by atoms with Crippen molar-refractivity contribution in [3.05, 3.63) is 62.7 Å². The van der Waals surface area contributed by atoms with Crippen LogP contribution in [-0.4, -0.2) is 46.6 Å². The van der Waals surface area contributed by atoms with Crippen molar-refractivity contribution in [3.8, 4) is 0 Å². The molecule has 1 aliphatic heterocycles. The summed E-state index contributed by atoms with van der Waals surface area (Å²) in [5, 5.41) is 3.17. The van der Waals surface area contributed by atoms with Crippen LogP contribution in [0.4, 0.5) is 5.69 Å². The molecule has 4 rings (SSSR count). The van der Waals surface area contributed by atoms with E-state index in [1.165, 1.54) is 4.52 Å². The number of aromatic nitrogens is 3. The minimum absolute atomic E-state index is 0.129. The number of aromatic amines is 1. The van der Waals surface area contributed by atoms with E-state index in [1.54, 1.807) is 36.9 Å². The fraction of sp³-hybridized carbons (Fsp3) is 0.435. The molecule has 1 aromatic carbocycles. The summed E-state index contributed by atoms with van der Waals surface area (Å²) >= 11 is 0. The van der Waals surface area contributed by atoms with Gasteiger partial charge < -0.3 is 4.90 Å². The second kappa shape index (κ2) is 8.33. The molecule has 0 spiro atoms. The van der Waals surface area contributed by atoms with E-state index in [-0.39, 0.29) is 29.1 Å². The lowest BCUT2D eigenvalue weighted by atomic mass is 9.88. The van der Waals surface area contributed by atoms with Crippen LogP contribution in [0.1, 0.15) is 58.7 Å². The lowest BCUT2D eigenvalue weighted by Crippen LogP contribution is -2.42. The van der Waals surface area contributed by atoms with Crippen molar-refractivity contribution in [2.75, 3.05) is 17.5 Å². The Labute approximate surface area is 192 Å². The van der Waals surface area contributed by atoms with Crippen molar-refractivity contribution < 1.29 is 13.2 Å². The van der Waals surface area contributed by atoms with Crippen LogP contribution < -0.4 is 10.3 Å². The first-order valence-corrected chi connectivity index (χ1v) is 12.8. The molecule has 1 fully saturated rings. The summed E-state index contributed by atoms with van der Waals surface area (Å²) in [4.78, 5) is 32.8. The number of hydrogen-bond donors (Lipinski definition) is 2. The van der Waals surface area contributed by atoms with E-state index in [1.807, 2.05) is 13.0 Å². The lowest BCUT2D eigenvalue weighted by molar-refractivity contribution is 0.0505. The molecular weight excluding hydrogens is 442 g/mol. The standard InChI is InChI=1S/C23H29N5O4S/c1-13-8-9-18(26-33(5,31)32)17(11-13)23(30)27-10-6-7-14(2)21(27)19-12-20-24-16(4)15(3)22(29)28(20)25-19/h8-9,11-12,14,21,25-26H,6-7,10H2,1-5H3/t14-,21+/m1/s1. The second-order valence-corrected chi connectivity index (χ2v) is 10.8. The fourth-order valence-corrected chi connectivity index (χ4v) is 5.14. The minimum atomic E-state index is -3.56. The van der Waals surface area contributed by atoms with Crippen LogP contribution in [-0.2, 0) is 10.0 Å². The van der Waals surface area contributed by atoms with Crippen molar-refractivity contribution in [3.63, 3.8) is 0 Å². The normalized spacial score (nSPS) is 19.1. The van der Waals surface area contributed by atoms with Gasteiger partial charge in [0.1, 0.15) is 0 Å². The Kier molecular flexibility index (Phi) is 5.81. The third kappa shape index (κ3) is 4.39. The Morgan fingerprint density at radius 2 is 1.94 bits per heavy atom. The summed E-state index contributed by atoms with van der Waals surface area (Å²) in [7, 11) is -3.56. The molecule has 0 unspecified atom stereocenters. The highest BCUT2D eigenvalue weighted by molar-refractivity contribution is 7.92. The smallest absolute Gasteiger partial charge is 0.275 e. The van der Waals surface area contributed by atoms with Gasteiger partial charge in [-0.05, 0) is 51.7 Å². The van der Waals surface area contributed by atoms with E-state index in [9.17, 15) is 18.0 Å². The number of anilines is 1. The van der Waals surface area contributed by atoms with Gasteiger partial charge in [-0.2, -0.15) is 0 Å². The molecule has 3 aromatic rings. The molecule has 2 N–H and O–H groups in total. The molecule has 9 nitrogen and oxygen atoms in total. The van der Waals surface area contributed by atoms with Gasteiger partial charge in [0.2, 0.25) is 10.0 Å². The molecule has 176 valence electrons. The zero-order valence-electron chi connectivity index (χ0n) is 19.5. The predicted molar refractivity (Wildman–Crippen MR) is 127 cm³/mol. The van der Waals surface area contributed by atoms with E-state index >= 15 is 0 Å². The number of amides is 1. The van der Waals surface area contributed by atoms with Gasteiger partial charge in [0.25, 0.3) is 11.5 Å². The van der Waals surface area contributed by atoms with E-state index in [0.29, 0.717) is 29.0 Å². The Morgan fingerprint density at radius 1 is 1.21 bits per heavy atom. The van der Waals surface area contributed by atoms with Crippen molar-refractivity contribution in [1.29, 1.82) is 0 Å². The van der Waals surface area contributed by atoms with Gasteiger partial charge in [-0.1, -0.05) is 18.6 Å². The summed E-state index contributed by atoms with van der Waals surface area (Å²) in [6.07, 6.45) is 2.82. The van der Waals surface area contributed by atoms with Crippen molar-refractivity contribution >= 4 is 27.3 Å². The maximum atomic E-state index is 13.8. The average molecular weight is 472 g/mol. The summed E-state index contributed by atoms with van der Waals surface area (Å²) in [5.41, 5.74) is 3.74. The Bertz CT molecular complexity index is 1410. The molecule has 33 heavy (non-hydrogen) atoms. The molecule has 0 saturated carbocycles. The maximum absolute atomic E-state index is 13.8. The van der Waals surface area contributed by atoms with E-state index in [4.69, 9.17) is 0 Å². The van der Waals surface area contributed by atoms with Crippen molar-refractivity contribution in [1.82, 2.24) is 19.5 Å². The SMILES string of the molecule is Cc1ccc(NS(C)(=O)=O)c(C(=O)N2CCC[C@@H](C)[C@H]2c2cc3nc(C)c(C)c(=O)n3[nH]2)c1. The minimum Gasteiger partial charge on any atom is -0.330 e. The number of piperidine rings is 1. The lowest BCUT2D eigenvalue weighted by Gasteiger charge is -2.39. The van der Waals surface area contributed by atoms with Crippen LogP contribution in [0.2, 0.25) is 0 Å². The first-order chi connectivity index (χ1) is 15.5.